The van der Waals surface area contributed by atoms with Gasteiger partial charge in [0.05, 0.1) is 6.26 Å². The second-order valence-corrected chi connectivity index (χ2v) is 5.38. The van der Waals surface area contributed by atoms with Gasteiger partial charge in [-0.1, -0.05) is 0 Å². The van der Waals surface area contributed by atoms with E-state index >= 15 is 0 Å². The maximum atomic E-state index is 5.26. The van der Waals surface area contributed by atoms with E-state index in [4.69, 9.17) is 4.42 Å². The summed E-state index contributed by atoms with van der Waals surface area (Å²) in [7, 11) is 0. The summed E-state index contributed by atoms with van der Waals surface area (Å²) in [5, 5.41) is 9.93. The van der Waals surface area contributed by atoms with Crippen molar-refractivity contribution < 1.29 is 4.42 Å². The average molecular weight is 266 g/mol. The topological polar surface area (TPSA) is 61.6 Å². The van der Waals surface area contributed by atoms with Crippen LogP contribution in [0.15, 0.2) is 27.8 Å². The Kier molecular flexibility index (Phi) is 6.42. The second kappa shape index (κ2) is 7.84. The van der Waals surface area contributed by atoms with Crippen LogP contribution in [0, 0.1) is 0 Å². The van der Waals surface area contributed by atoms with E-state index in [-0.39, 0.29) is 5.54 Å². The van der Waals surface area contributed by atoms with E-state index in [9.17, 15) is 0 Å². The molecule has 0 aliphatic rings. The molecule has 0 radical (unpaired) electrons. The summed E-state index contributed by atoms with van der Waals surface area (Å²) in [6.07, 6.45) is 1.67. The van der Waals surface area contributed by atoms with Crippen molar-refractivity contribution in [3.63, 3.8) is 0 Å². The minimum Gasteiger partial charge on any atom is -0.467 e. The Balaban J connectivity index is 2.33. The van der Waals surface area contributed by atoms with Gasteiger partial charge in [-0.05, 0) is 39.8 Å². The van der Waals surface area contributed by atoms with Gasteiger partial charge < -0.3 is 20.4 Å². The first kappa shape index (κ1) is 15.6. The lowest BCUT2D eigenvalue weighted by Crippen LogP contribution is -2.44. The van der Waals surface area contributed by atoms with Crippen LogP contribution in [0.5, 0.6) is 0 Å². The normalized spacial score (nSPS) is 12.5. The lowest BCUT2D eigenvalue weighted by Gasteiger charge is -2.21. The van der Waals surface area contributed by atoms with Crippen molar-refractivity contribution in [2.24, 2.45) is 4.99 Å². The molecule has 0 aliphatic carbocycles. The summed E-state index contributed by atoms with van der Waals surface area (Å²) in [5.41, 5.74) is 0.144. The minimum atomic E-state index is 0.144. The van der Waals surface area contributed by atoms with E-state index in [1.807, 2.05) is 12.1 Å². The van der Waals surface area contributed by atoms with Crippen LogP contribution in [0.25, 0.3) is 0 Å². The molecule has 0 unspecified atom stereocenters. The van der Waals surface area contributed by atoms with Crippen LogP contribution in [0.3, 0.4) is 0 Å². The van der Waals surface area contributed by atoms with Crippen molar-refractivity contribution in [2.75, 3.05) is 19.6 Å². The highest BCUT2D eigenvalue weighted by Crippen LogP contribution is 2.01. The lowest BCUT2D eigenvalue weighted by atomic mass is 10.1. The second-order valence-electron chi connectivity index (χ2n) is 5.38. The Morgan fingerprint density at radius 1 is 1.26 bits per heavy atom. The van der Waals surface area contributed by atoms with Crippen molar-refractivity contribution in [1.29, 1.82) is 0 Å². The molecule has 0 aliphatic heterocycles. The first-order valence-corrected chi connectivity index (χ1v) is 6.81. The molecule has 108 valence electrons. The molecule has 0 saturated heterocycles. The predicted octanol–water partition coefficient (Wildman–Crippen LogP) is 1.72. The van der Waals surface area contributed by atoms with Crippen LogP contribution in [0.2, 0.25) is 0 Å². The fourth-order valence-corrected chi connectivity index (χ4v) is 1.52. The van der Waals surface area contributed by atoms with Gasteiger partial charge >= 0.3 is 0 Å². The van der Waals surface area contributed by atoms with Crippen molar-refractivity contribution >= 4 is 5.96 Å². The molecule has 0 amide bonds. The number of nitrogens with one attached hydrogen (secondary N) is 3. The zero-order chi connectivity index (χ0) is 14.1. The summed E-state index contributed by atoms with van der Waals surface area (Å²) in [5.74, 6) is 1.68. The number of aliphatic imine (C=N–C) groups is 1. The molecule has 1 heterocycles. The van der Waals surface area contributed by atoms with Crippen LogP contribution in [-0.2, 0) is 6.54 Å². The lowest BCUT2D eigenvalue weighted by molar-refractivity contribution is 0.428. The van der Waals surface area contributed by atoms with Gasteiger partial charge in [-0.3, -0.25) is 0 Å². The largest absolute Gasteiger partial charge is 0.467 e. The Morgan fingerprint density at radius 2 is 2.05 bits per heavy atom. The third kappa shape index (κ3) is 7.51. The molecule has 0 bridgehead atoms. The van der Waals surface area contributed by atoms with Crippen LogP contribution in [0.4, 0.5) is 0 Å². The molecule has 0 aromatic carbocycles. The van der Waals surface area contributed by atoms with Crippen LogP contribution in [-0.4, -0.2) is 31.1 Å². The maximum absolute atomic E-state index is 5.26. The zero-order valence-corrected chi connectivity index (χ0v) is 12.4. The van der Waals surface area contributed by atoms with Gasteiger partial charge in [0.1, 0.15) is 12.3 Å². The minimum absolute atomic E-state index is 0.144. The molecule has 5 heteroatoms. The highest BCUT2D eigenvalue weighted by molar-refractivity contribution is 5.79. The van der Waals surface area contributed by atoms with Gasteiger partial charge in [0.15, 0.2) is 5.96 Å². The predicted molar refractivity (Wildman–Crippen MR) is 79.3 cm³/mol. The van der Waals surface area contributed by atoms with E-state index in [1.54, 1.807) is 6.26 Å². The number of guanidine groups is 1. The monoisotopic (exact) mass is 266 g/mol. The SMILES string of the molecule is CCNC(=NCc1ccco1)NCCNC(C)(C)C. The van der Waals surface area contributed by atoms with E-state index in [2.05, 4.69) is 48.6 Å². The molecule has 5 nitrogen and oxygen atoms in total. The molecule has 0 spiro atoms. The molecule has 3 N–H and O–H groups in total. The van der Waals surface area contributed by atoms with Gasteiger partial charge in [0.25, 0.3) is 0 Å². The maximum Gasteiger partial charge on any atom is 0.191 e. The summed E-state index contributed by atoms with van der Waals surface area (Å²) in [6, 6.07) is 3.80. The van der Waals surface area contributed by atoms with E-state index in [1.165, 1.54) is 0 Å². The van der Waals surface area contributed by atoms with Crippen LogP contribution in [0.1, 0.15) is 33.5 Å². The van der Waals surface area contributed by atoms with E-state index < -0.39 is 0 Å². The molecule has 1 rings (SSSR count). The average Bonchev–Trinajstić information content (AvgIpc) is 2.83. The van der Waals surface area contributed by atoms with Gasteiger partial charge in [0.2, 0.25) is 0 Å². The number of nitrogens with zero attached hydrogens (tertiary/aromatic N) is 1. The molecule has 0 saturated carbocycles. The summed E-state index contributed by atoms with van der Waals surface area (Å²) >= 11 is 0. The molecule has 0 atom stereocenters. The van der Waals surface area contributed by atoms with E-state index in [0.29, 0.717) is 6.54 Å². The Labute approximate surface area is 115 Å². The number of hydrogen-bond donors (Lipinski definition) is 3. The Morgan fingerprint density at radius 3 is 2.63 bits per heavy atom. The number of hydrogen-bond acceptors (Lipinski definition) is 3. The van der Waals surface area contributed by atoms with Crippen molar-refractivity contribution in [3.05, 3.63) is 24.2 Å². The third-order valence-electron chi connectivity index (χ3n) is 2.39. The van der Waals surface area contributed by atoms with Crippen molar-refractivity contribution in [2.45, 2.75) is 39.8 Å². The summed E-state index contributed by atoms with van der Waals surface area (Å²) < 4.78 is 5.26. The fourth-order valence-electron chi connectivity index (χ4n) is 1.52. The summed E-state index contributed by atoms with van der Waals surface area (Å²) in [6.45, 7) is 11.6. The molecular weight excluding hydrogens is 240 g/mol. The first-order valence-electron chi connectivity index (χ1n) is 6.81. The van der Waals surface area contributed by atoms with Gasteiger partial charge in [-0.2, -0.15) is 0 Å². The molecule has 1 aromatic heterocycles. The molecular formula is C14H26N4O. The molecule has 19 heavy (non-hydrogen) atoms. The standard InChI is InChI=1S/C14H26N4O/c1-5-15-13(16-8-9-18-14(2,3)4)17-11-12-7-6-10-19-12/h6-7,10,18H,5,8-9,11H2,1-4H3,(H2,15,16,17). The van der Waals surface area contributed by atoms with Gasteiger partial charge in [0, 0.05) is 25.2 Å². The first-order chi connectivity index (χ1) is 9.01. The quantitative estimate of drug-likeness (QED) is 0.417. The Hall–Kier alpha value is -1.49. The van der Waals surface area contributed by atoms with Gasteiger partial charge in [-0.15, -0.1) is 0 Å². The third-order valence-corrected chi connectivity index (χ3v) is 2.39. The number of furan rings is 1. The number of rotatable bonds is 6. The highest BCUT2D eigenvalue weighted by atomic mass is 16.3. The zero-order valence-electron chi connectivity index (χ0n) is 12.4. The van der Waals surface area contributed by atoms with E-state index in [0.717, 1.165) is 31.4 Å². The fraction of sp³-hybridized carbons (Fsp3) is 0.643. The van der Waals surface area contributed by atoms with Gasteiger partial charge in [-0.25, -0.2) is 4.99 Å². The van der Waals surface area contributed by atoms with Crippen LogP contribution < -0.4 is 16.0 Å². The van der Waals surface area contributed by atoms with Crippen molar-refractivity contribution in [1.82, 2.24) is 16.0 Å². The molecule has 1 aromatic rings. The molecule has 0 fully saturated rings. The Bertz CT molecular complexity index is 365. The van der Waals surface area contributed by atoms with Crippen LogP contribution >= 0.6 is 0 Å². The smallest absolute Gasteiger partial charge is 0.191 e. The van der Waals surface area contributed by atoms with Crippen molar-refractivity contribution in [3.8, 4) is 0 Å². The summed E-state index contributed by atoms with van der Waals surface area (Å²) in [4.78, 5) is 4.46. The highest BCUT2D eigenvalue weighted by Gasteiger charge is 2.07.